The smallest absolute Gasteiger partial charge is 0.303 e. The number of hydrogen-bond acceptors (Lipinski definition) is 2. The van der Waals surface area contributed by atoms with E-state index in [1.165, 1.54) is 9.79 Å². The standard InChI is InChI=1S/C6H4S.H3O4P/c1-2-4-6-5(3-1)7-6;1-5(2,3)4/h1-4H;(H3,1,2,3,4). The Morgan fingerprint density at radius 2 is 1.42 bits per heavy atom. The summed E-state index contributed by atoms with van der Waals surface area (Å²) in [6, 6.07) is 8.41. The van der Waals surface area contributed by atoms with Crippen molar-refractivity contribution in [3.8, 4) is 0 Å². The lowest BCUT2D eigenvalue weighted by atomic mass is 10.4. The highest BCUT2D eigenvalue weighted by molar-refractivity contribution is 8.04. The van der Waals surface area contributed by atoms with Crippen molar-refractivity contribution >= 4 is 19.6 Å². The molecule has 0 spiro atoms. The van der Waals surface area contributed by atoms with Gasteiger partial charge in [0.25, 0.3) is 0 Å². The van der Waals surface area contributed by atoms with Crippen LogP contribution in [0.5, 0.6) is 0 Å². The molecule has 6 heteroatoms. The number of fused-ring (bicyclic) bond motifs is 1. The first kappa shape index (κ1) is 9.77. The van der Waals surface area contributed by atoms with Crippen molar-refractivity contribution in [3.63, 3.8) is 0 Å². The summed E-state index contributed by atoms with van der Waals surface area (Å²) in [6.07, 6.45) is 0. The molecule has 3 N–H and O–H groups in total. The van der Waals surface area contributed by atoms with Gasteiger partial charge in [-0.15, -0.1) is 0 Å². The maximum absolute atomic E-state index is 8.88. The number of benzene rings is 1. The highest BCUT2D eigenvalue weighted by Gasteiger charge is 2.14. The summed E-state index contributed by atoms with van der Waals surface area (Å²) in [5.74, 6) is 0. The van der Waals surface area contributed by atoms with Gasteiger partial charge in [0.1, 0.15) is 0 Å². The predicted molar refractivity (Wildman–Crippen MR) is 44.8 cm³/mol. The molecule has 12 heavy (non-hydrogen) atoms. The third-order valence-corrected chi connectivity index (χ3v) is 1.98. The predicted octanol–water partition coefficient (Wildman–Crippen LogP) is 1.22. The molecule has 4 nitrogen and oxygen atoms in total. The van der Waals surface area contributed by atoms with Crippen LogP contribution in [-0.4, -0.2) is 14.7 Å². The van der Waals surface area contributed by atoms with E-state index in [0.717, 1.165) is 0 Å². The maximum atomic E-state index is 8.88. The first-order valence-corrected chi connectivity index (χ1v) is 5.40. The average Bonchev–Trinajstić information content (AvgIpc) is 2.59. The Morgan fingerprint density at radius 3 is 1.67 bits per heavy atom. The van der Waals surface area contributed by atoms with Gasteiger partial charge in [-0.3, -0.25) is 0 Å². The lowest BCUT2D eigenvalue weighted by molar-refractivity contribution is 0.275. The summed E-state index contributed by atoms with van der Waals surface area (Å²) in [4.78, 5) is 24.5. The van der Waals surface area contributed by atoms with Crippen LogP contribution in [0, 0.1) is 0 Å². The van der Waals surface area contributed by atoms with Gasteiger partial charge in [-0.25, -0.2) is 4.57 Å². The van der Waals surface area contributed by atoms with Crippen LogP contribution in [0.25, 0.3) is 0 Å². The summed E-state index contributed by atoms with van der Waals surface area (Å²) < 4.78 is 8.88. The SMILES string of the molecule is O=P(O)(O)O.c1ccc2c(c1)S2. The Balaban J connectivity index is 0.000000130. The zero-order chi connectivity index (χ0) is 9.19. The second kappa shape index (κ2) is 3.60. The molecule has 1 aromatic rings. The lowest BCUT2D eigenvalue weighted by Crippen LogP contribution is -1.66. The Hall–Kier alpha value is -0.320. The second-order valence-electron chi connectivity index (χ2n) is 2.06. The largest absolute Gasteiger partial charge is 0.466 e. The topological polar surface area (TPSA) is 77.8 Å². The molecule has 1 heterocycles. The highest BCUT2D eigenvalue weighted by Crippen LogP contribution is 2.47. The van der Waals surface area contributed by atoms with E-state index in [4.69, 9.17) is 19.2 Å². The fraction of sp³-hybridized carbons (Fsp3) is 0. The van der Waals surface area contributed by atoms with Crippen LogP contribution in [-0.2, 0) is 4.57 Å². The molecule has 0 fully saturated rings. The van der Waals surface area contributed by atoms with Crippen LogP contribution < -0.4 is 0 Å². The first-order chi connectivity index (χ1) is 5.47. The zero-order valence-corrected chi connectivity index (χ0v) is 7.63. The first-order valence-electron chi connectivity index (χ1n) is 3.02. The molecule has 0 aliphatic carbocycles. The van der Waals surface area contributed by atoms with E-state index in [0.29, 0.717) is 0 Å². The molecule has 0 saturated heterocycles. The minimum atomic E-state index is -4.64. The van der Waals surface area contributed by atoms with E-state index in [1.54, 1.807) is 0 Å². The third kappa shape index (κ3) is 4.54. The minimum absolute atomic E-state index is 1.45. The van der Waals surface area contributed by atoms with Crippen LogP contribution in [0.15, 0.2) is 34.1 Å². The maximum Gasteiger partial charge on any atom is 0.466 e. The van der Waals surface area contributed by atoms with Gasteiger partial charge in [-0.2, -0.15) is 0 Å². The molecule has 0 atom stereocenters. The van der Waals surface area contributed by atoms with E-state index in [1.807, 2.05) is 11.8 Å². The molecule has 0 bridgehead atoms. The van der Waals surface area contributed by atoms with Crippen molar-refractivity contribution < 1.29 is 19.2 Å². The molecule has 1 aliphatic heterocycles. The van der Waals surface area contributed by atoms with E-state index in [9.17, 15) is 0 Å². The van der Waals surface area contributed by atoms with Gasteiger partial charge in [-0.1, -0.05) is 23.9 Å². The Morgan fingerprint density at radius 1 is 1.08 bits per heavy atom. The van der Waals surface area contributed by atoms with Gasteiger partial charge in [0.05, 0.1) is 0 Å². The molecule has 0 aromatic heterocycles. The van der Waals surface area contributed by atoms with Gasteiger partial charge in [-0.05, 0) is 12.1 Å². The molecule has 0 radical (unpaired) electrons. The number of phosphoric acid groups is 1. The molecule has 0 saturated carbocycles. The third-order valence-electron chi connectivity index (χ3n) is 1.03. The van der Waals surface area contributed by atoms with Gasteiger partial charge in [0, 0.05) is 9.79 Å². The fourth-order valence-electron chi connectivity index (χ4n) is 0.611. The van der Waals surface area contributed by atoms with Crippen LogP contribution >= 0.6 is 19.6 Å². The van der Waals surface area contributed by atoms with Crippen molar-refractivity contribution in [3.05, 3.63) is 24.3 Å². The Bertz CT molecular complexity index is 292. The van der Waals surface area contributed by atoms with Gasteiger partial charge in [0.15, 0.2) is 0 Å². The van der Waals surface area contributed by atoms with Crippen LogP contribution in [0.2, 0.25) is 0 Å². The molecular weight excluding hydrogens is 199 g/mol. The zero-order valence-electron chi connectivity index (χ0n) is 5.91. The van der Waals surface area contributed by atoms with Crippen LogP contribution in [0.3, 0.4) is 0 Å². The fourth-order valence-corrected chi connectivity index (χ4v) is 1.23. The average molecular weight is 206 g/mol. The summed E-state index contributed by atoms with van der Waals surface area (Å²) in [7, 11) is -4.64. The van der Waals surface area contributed by atoms with E-state index < -0.39 is 7.82 Å². The molecule has 0 amide bonds. The normalized spacial score (nSPS) is 12.6. The second-order valence-corrected chi connectivity index (χ2v) is 4.17. The van der Waals surface area contributed by atoms with Gasteiger partial charge in [0.2, 0.25) is 0 Å². The number of hydrogen-bond donors (Lipinski definition) is 3. The Kier molecular flexibility index (Phi) is 2.93. The van der Waals surface area contributed by atoms with Gasteiger partial charge >= 0.3 is 7.82 Å². The monoisotopic (exact) mass is 206 g/mol. The molecule has 2 rings (SSSR count). The Labute approximate surface area is 73.5 Å². The summed E-state index contributed by atoms with van der Waals surface area (Å²) in [5, 5.41) is 0. The molecular formula is C6H7O4PS. The van der Waals surface area contributed by atoms with Crippen molar-refractivity contribution in [1.82, 2.24) is 0 Å². The summed E-state index contributed by atoms with van der Waals surface area (Å²) in [6.45, 7) is 0. The van der Waals surface area contributed by atoms with Crippen molar-refractivity contribution in [2.45, 2.75) is 9.79 Å². The van der Waals surface area contributed by atoms with Gasteiger partial charge < -0.3 is 14.7 Å². The molecule has 1 aromatic carbocycles. The van der Waals surface area contributed by atoms with E-state index in [-0.39, 0.29) is 0 Å². The summed E-state index contributed by atoms with van der Waals surface area (Å²) in [5.41, 5.74) is 0. The van der Waals surface area contributed by atoms with Crippen LogP contribution in [0.4, 0.5) is 0 Å². The van der Waals surface area contributed by atoms with E-state index >= 15 is 0 Å². The quantitative estimate of drug-likeness (QED) is 0.446. The molecule has 0 unspecified atom stereocenters. The number of rotatable bonds is 0. The molecule has 1 aliphatic rings. The van der Waals surface area contributed by atoms with Crippen molar-refractivity contribution in [2.75, 3.05) is 0 Å². The van der Waals surface area contributed by atoms with Crippen LogP contribution in [0.1, 0.15) is 0 Å². The lowest BCUT2D eigenvalue weighted by Gasteiger charge is -1.82. The van der Waals surface area contributed by atoms with Crippen molar-refractivity contribution in [1.29, 1.82) is 0 Å². The highest BCUT2D eigenvalue weighted by atomic mass is 32.2. The molecule has 66 valence electrons. The summed E-state index contributed by atoms with van der Waals surface area (Å²) >= 11 is 1.86. The van der Waals surface area contributed by atoms with E-state index in [2.05, 4.69) is 24.3 Å². The minimum Gasteiger partial charge on any atom is -0.303 e. The van der Waals surface area contributed by atoms with Crippen molar-refractivity contribution in [2.24, 2.45) is 0 Å².